The summed E-state index contributed by atoms with van der Waals surface area (Å²) in [6.07, 6.45) is 1.60. The third kappa shape index (κ3) is 1.52. The molecule has 3 N–H and O–H groups in total. The highest BCUT2D eigenvalue weighted by Crippen LogP contribution is 2.09. The summed E-state index contributed by atoms with van der Waals surface area (Å²) >= 11 is 0. The molecule has 0 bridgehead atoms. The quantitative estimate of drug-likeness (QED) is 0.618. The largest absolute Gasteiger partial charge is 0.462 e. The van der Waals surface area contributed by atoms with Crippen LogP contribution in [0.3, 0.4) is 0 Å². The number of esters is 1. The summed E-state index contributed by atoms with van der Waals surface area (Å²) in [5.74, 6) is -0.0327. The van der Waals surface area contributed by atoms with Crippen molar-refractivity contribution in [2.75, 3.05) is 12.3 Å². The van der Waals surface area contributed by atoms with Crippen LogP contribution in [0.25, 0.3) is 0 Å². The Morgan fingerprint density at radius 1 is 1.82 bits per heavy atom. The lowest BCUT2D eigenvalue weighted by Gasteiger charge is -1.98. The van der Waals surface area contributed by atoms with Gasteiger partial charge in [0.2, 0.25) is 0 Å². The Morgan fingerprint density at radius 2 is 2.55 bits per heavy atom. The minimum Gasteiger partial charge on any atom is -0.462 e. The van der Waals surface area contributed by atoms with Crippen molar-refractivity contribution in [3.8, 4) is 0 Å². The number of ether oxygens (including phenoxy) is 1. The maximum atomic E-state index is 11.0. The summed E-state index contributed by atoms with van der Waals surface area (Å²) in [5, 5.41) is 0. The molecule has 0 fully saturated rings. The standard InChI is InChI=1S/C7H10N2O2/c1-2-11-7(10)5-3-4-9-6(5)8/h3-4,9H,2,8H2,1H3. The van der Waals surface area contributed by atoms with Crippen LogP contribution in [-0.4, -0.2) is 17.6 Å². The van der Waals surface area contributed by atoms with Crippen molar-refractivity contribution in [3.63, 3.8) is 0 Å². The number of carbonyl (C=O) groups is 1. The van der Waals surface area contributed by atoms with Crippen LogP contribution in [0.15, 0.2) is 12.3 Å². The number of H-pyrrole nitrogens is 1. The Hall–Kier alpha value is -1.45. The molecule has 0 aromatic carbocycles. The van der Waals surface area contributed by atoms with E-state index in [4.69, 9.17) is 10.5 Å². The van der Waals surface area contributed by atoms with Gasteiger partial charge in [-0.25, -0.2) is 4.79 Å². The topological polar surface area (TPSA) is 68.1 Å². The monoisotopic (exact) mass is 154 g/mol. The van der Waals surface area contributed by atoms with E-state index in [-0.39, 0.29) is 5.97 Å². The summed E-state index contributed by atoms with van der Waals surface area (Å²) in [5.41, 5.74) is 5.81. The molecule has 11 heavy (non-hydrogen) atoms. The number of hydrogen-bond donors (Lipinski definition) is 2. The Morgan fingerprint density at radius 3 is 3.00 bits per heavy atom. The number of nitrogens with one attached hydrogen (secondary N) is 1. The fraction of sp³-hybridized carbons (Fsp3) is 0.286. The average molecular weight is 154 g/mol. The van der Waals surface area contributed by atoms with Crippen LogP contribution in [-0.2, 0) is 4.74 Å². The minimum absolute atomic E-state index is 0.350. The number of nitrogen functional groups attached to an aromatic ring is 1. The average Bonchev–Trinajstić information content (AvgIpc) is 2.36. The van der Waals surface area contributed by atoms with Gasteiger partial charge in [-0.3, -0.25) is 0 Å². The molecule has 0 radical (unpaired) electrons. The first-order chi connectivity index (χ1) is 5.25. The number of aromatic nitrogens is 1. The molecule has 0 atom stereocenters. The minimum atomic E-state index is -0.383. The smallest absolute Gasteiger partial charge is 0.341 e. The number of carbonyl (C=O) groups excluding carboxylic acids is 1. The molecule has 4 nitrogen and oxygen atoms in total. The molecule has 0 aliphatic carbocycles. The van der Waals surface area contributed by atoms with Crippen LogP contribution in [0.4, 0.5) is 5.82 Å². The molecular formula is C7H10N2O2. The maximum absolute atomic E-state index is 11.0. The van der Waals surface area contributed by atoms with Gasteiger partial charge in [-0.2, -0.15) is 0 Å². The van der Waals surface area contributed by atoms with Crippen molar-refractivity contribution < 1.29 is 9.53 Å². The van der Waals surface area contributed by atoms with Crippen molar-refractivity contribution in [1.29, 1.82) is 0 Å². The lowest BCUT2D eigenvalue weighted by molar-refractivity contribution is 0.0528. The van der Waals surface area contributed by atoms with Gasteiger partial charge in [0.1, 0.15) is 11.4 Å². The zero-order valence-corrected chi connectivity index (χ0v) is 6.26. The molecule has 1 aromatic heterocycles. The molecule has 0 saturated heterocycles. The molecule has 0 spiro atoms. The predicted molar refractivity (Wildman–Crippen MR) is 41.2 cm³/mol. The van der Waals surface area contributed by atoms with Crippen LogP contribution in [0.5, 0.6) is 0 Å². The van der Waals surface area contributed by atoms with Gasteiger partial charge in [-0.1, -0.05) is 0 Å². The molecule has 0 aliphatic heterocycles. The molecule has 1 rings (SSSR count). The molecule has 1 heterocycles. The number of hydrogen-bond acceptors (Lipinski definition) is 3. The van der Waals surface area contributed by atoms with E-state index in [0.29, 0.717) is 18.0 Å². The predicted octanol–water partition coefficient (Wildman–Crippen LogP) is 0.774. The highest BCUT2D eigenvalue weighted by Gasteiger charge is 2.09. The van der Waals surface area contributed by atoms with Crippen molar-refractivity contribution in [3.05, 3.63) is 17.8 Å². The van der Waals surface area contributed by atoms with Gasteiger partial charge in [-0.05, 0) is 13.0 Å². The first-order valence-corrected chi connectivity index (χ1v) is 3.35. The summed E-state index contributed by atoms with van der Waals surface area (Å²) in [4.78, 5) is 13.7. The molecule has 0 amide bonds. The van der Waals surface area contributed by atoms with Gasteiger partial charge >= 0.3 is 5.97 Å². The fourth-order valence-electron chi connectivity index (χ4n) is 0.769. The second kappa shape index (κ2) is 3.09. The number of nitrogens with two attached hydrogens (primary N) is 1. The fourth-order valence-corrected chi connectivity index (χ4v) is 0.769. The maximum Gasteiger partial charge on any atom is 0.341 e. The van der Waals surface area contributed by atoms with Crippen molar-refractivity contribution >= 4 is 11.8 Å². The molecular weight excluding hydrogens is 144 g/mol. The second-order valence-corrected chi connectivity index (χ2v) is 2.03. The highest BCUT2D eigenvalue weighted by atomic mass is 16.5. The van der Waals surface area contributed by atoms with Gasteiger partial charge in [0.25, 0.3) is 0 Å². The molecule has 1 aromatic rings. The molecule has 0 unspecified atom stereocenters. The van der Waals surface area contributed by atoms with Crippen molar-refractivity contribution in [1.82, 2.24) is 4.98 Å². The molecule has 60 valence electrons. The van der Waals surface area contributed by atoms with E-state index in [9.17, 15) is 4.79 Å². The lowest BCUT2D eigenvalue weighted by atomic mass is 10.3. The second-order valence-electron chi connectivity index (χ2n) is 2.03. The van der Waals surface area contributed by atoms with Gasteiger partial charge in [0.05, 0.1) is 6.61 Å². The Labute approximate surface area is 64.4 Å². The zero-order chi connectivity index (χ0) is 8.27. The first-order valence-electron chi connectivity index (χ1n) is 3.35. The number of aromatic amines is 1. The number of anilines is 1. The van der Waals surface area contributed by atoms with Crippen LogP contribution in [0.1, 0.15) is 17.3 Å². The van der Waals surface area contributed by atoms with Crippen LogP contribution < -0.4 is 5.73 Å². The Kier molecular flexibility index (Phi) is 2.15. The lowest BCUT2D eigenvalue weighted by Crippen LogP contribution is -2.05. The van der Waals surface area contributed by atoms with Gasteiger partial charge in [0.15, 0.2) is 0 Å². The summed E-state index contributed by atoms with van der Waals surface area (Å²) in [6, 6.07) is 1.59. The van der Waals surface area contributed by atoms with Crippen molar-refractivity contribution in [2.24, 2.45) is 0 Å². The first kappa shape index (κ1) is 7.65. The van der Waals surface area contributed by atoms with Gasteiger partial charge in [-0.15, -0.1) is 0 Å². The zero-order valence-electron chi connectivity index (χ0n) is 6.26. The summed E-state index contributed by atoms with van der Waals surface area (Å²) in [7, 11) is 0. The highest BCUT2D eigenvalue weighted by molar-refractivity contribution is 5.94. The van der Waals surface area contributed by atoms with Crippen LogP contribution in [0.2, 0.25) is 0 Å². The third-order valence-electron chi connectivity index (χ3n) is 1.27. The Balaban J connectivity index is 2.76. The molecule has 4 heteroatoms. The van der Waals surface area contributed by atoms with E-state index in [2.05, 4.69) is 4.98 Å². The van der Waals surface area contributed by atoms with E-state index < -0.39 is 0 Å². The van der Waals surface area contributed by atoms with Crippen molar-refractivity contribution in [2.45, 2.75) is 6.92 Å². The number of rotatable bonds is 2. The van der Waals surface area contributed by atoms with Gasteiger partial charge < -0.3 is 15.5 Å². The van der Waals surface area contributed by atoms with E-state index >= 15 is 0 Å². The van der Waals surface area contributed by atoms with E-state index in [0.717, 1.165) is 0 Å². The molecule has 0 saturated carbocycles. The van der Waals surface area contributed by atoms with Crippen LogP contribution in [0, 0.1) is 0 Å². The van der Waals surface area contributed by atoms with E-state index in [1.54, 1.807) is 19.2 Å². The van der Waals surface area contributed by atoms with Crippen LogP contribution >= 0.6 is 0 Å². The SMILES string of the molecule is CCOC(=O)c1cc[nH]c1N. The Bertz CT molecular complexity index is 255. The third-order valence-corrected chi connectivity index (χ3v) is 1.27. The van der Waals surface area contributed by atoms with E-state index in [1.807, 2.05) is 0 Å². The summed E-state index contributed by atoms with van der Waals surface area (Å²) in [6.45, 7) is 2.12. The normalized spacial score (nSPS) is 9.55. The van der Waals surface area contributed by atoms with E-state index in [1.165, 1.54) is 0 Å². The molecule has 0 aliphatic rings. The summed E-state index contributed by atoms with van der Waals surface area (Å²) < 4.78 is 4.73. The van der Waals surface area contributed by atoms with Gasteiger partial charge in [0, 0.05) is 6.20 Å².